The molecule has 156 valence electrons. The molecule has 1 amide bonds. The predicted molar refractivity (Wildman–Crippen MR) is 112 cm³/mol. The summed E-state index contributed by atoms with van der Waals surface area (Å²) in [6, 6.07) is 6.29. The van der Waals surface area contributed by atoms with E-state index in [4.69, 9.17) is 5.73 Å². The molecule has 3 N–H and O–H groups in total. The van der Waals surface area contributed by atoms with Crippen LogP contribution >= 0.6 is 0 Å². The summed E-state index contributed by atoms with van der Waals surface area (Å²) in [5.74, 6) is -0.865. The summed E-state index contributed by atoms with van der Waals surface area (Å²) in [6.45, 7) is 7.94. The van der Waals surface area contributed by atoms with Crippen LogP contribution in [0.2, 0.25) is 0 Å². The van der Waals surface area contributed by atoms with E-state index in [1.165, 1.54) is 5.56 Å². The van der Waals surface area contributed by atoms with Gasteiger partial charge in [-0.1, -0.05) is 39.0 Å². The van der Waals surface area contributed by atoms with Gasteiger partial charge in [0.1, 0.15) is 0 Å². The summed E-state index contributed by atoms with van der Waals surface area (Å²) in [6.07, 6.45) is 3.41. The Labute approximate surface area is 169 Å². The molecule has 1 saturated heterocycles. The molecule has 1 fully saturated rings. The zero-order chi connectivity index (χ0) is 20.8. The van der Waals surface area contributed by atoms with Crippen LogP contribution in [0.5, 0.6) is 0 Å². The minimum atomic E-state index is -0.493. The van der Waals surface area contributed by atoms with Gasteiger partial charge in [0.05, 0.1) is 0 Å². The Hall–Kier alpha value is -1.72. The van der Waals surface area contributed by atoms with Gasteiger partial charge in [0.25, 0.3) is 0 Å². The van der Waals surface area contributed by atoms with Gasteiger partial charge >= 0.3 is 0 Å². The Balaban J connectivity index is 2.21. The van der Waals surface area contributed by atoms with Crippen LogP contribution in [0.15, 0.2) is 18.2 Å². The van der Waals surface area contributed by atoms with Crippen LogP contribution in [-0.2, 0) is 11.2 Å². The van der Waals surface area contributed by atoms with Crippen LogP contribution in [0.1, 0.15) is 67.4 Å². The van der Waals surface area contributed by atoms with E-state index in [2.05, 4.69) is 31.0 Å². The highest BCUT2D eigenvalue weighted by Crippen LogP contribution is 2.31. The zero-order valence-corrected chi connectivity index (χ0v) is 17.8. The highest BCUT2D eigenvalue weighted by molar-refractivity contribution is 5.99. The summed E-state index contributed by atoms with van der Waals surface area (Å²) in [5, 5.41) is 9.23. The number of aliphatic hydroxyl groups excluding tert-OH is 1. The number of nitrogens with zero attached hydrogens (tertiary/aromatic N) is 1. The summed E-state index contributed by atoms with van der Waals surface area (Å²) in [4.78, 5) is 27.3. The third-order valence-corrected chi connectivity index (χ3v) is 6.61. The Bertz CT molecular complexity index is 680. The average molecular weight is 389 g/mol. The molecular weight excluding hydrogens is 352 g/mol. The maximum atomic E-state index is 13.2. The lowest BCUT2D eigenvalue weighted by Crippen LogP contribution is -2.35. The van der Waals surface area contributed by atoms with Crippen molar-refractivity contribution in [2.24, 2.45) is 23.5 Å². The molecule has 5 nitrogen and oxygen atoms in total. The molecule has 0 spiro atoms. The minimum Gasteiger partial charge on any atom is -0.396 e. The van der Waals surface area contributed by atoms with E-state index in [9.17, 15) is 14.7 Å². The van der Waals surface area contributed by atoms with E-state index in [-0.39, 0.29) is 24.2 Å². The fraction of sp³-hybridized carbons (Fsp3) is 0.652. The SMILES string of the molecule is CCc1cc(C2CCN(C)CC2)ccc1C(=O)C(C)C(C)C(CCO)C(N)=O. The number of carbonyl (C=O) groups is 2. The van der Waals surface area contributed by atoms with E-state index >= 15 is 0 Å². The normalized spacial score (nSPS) is 19.2. The Morgan fingerprint density at radius 3 is 2.43 bits per heavy atom. The number of likely N-dealkylation sites (tertiary alicyclic amines) is 1. The fourth-order valence-corrected chi connectivity index (χ4v) is 4.38. The summed E-state index contributed by atoms with van der Waals surface area (Å²) >= 11 is 0. The van der Waals surface area contributed by atoms with Gasteiger partial charge in [0.2, 0.25) is 5.91 Å². The second kappa shape index (κ2) is 10.2. The molecule has 1 heterocycles. The number of piperidine rings is 1. The quantitative estimate of drug-likeness (QED) is 0.637. The van der Waals surface area contributed by atoms with Crippen molar-refractivity contribution in [3.8, 4) is 0 Å². The maximum absolute atomic E-state index is 13.2. The number of carbonyl (C=O) groups excluding carboxylic acids is 2. The van der Waals surface area contributed by atoms with Crippen LogP contribution in [-0.4, -0.2) is 48.4 Å². The molecule has 2 rings (SSSR count). The number of ketones is 1. The van der Waals surface area contributed by atoms with Crippen molar-refractivity contribution >= 4 is 11.7 Å². The molecule has 0 saturated carbocycles. The van der Waals surface area contributed by atoms with Crippen molar-refractivity contribution in [2.45, 2.75) is 52.4 Å². The summed E-state index contributed by atoms with van der Waals surface area (Å²) in [7, 11) is 2.16. The van der Waals surface area contributed by atoms with Gasteiger partial charge < -0.3 is 15.7 Å². The molecule has 1 aromatic rings. The number of aryl methyl sites for hydroxylation is 1. The van der Waals surface area contributed by atoms with Gasteiger partial charge in [-0.2, -0.15) is 0 Å². The van der Waals surface area contributed by atoms with Crippen LogP contribution in [0.25, 0.3) is 0 Å². The van der Waals surface area contributed by atoms with Crippen LogP contribution in [0.3, 0.4) is 0 Å². The zero-order valence-electron chi connectivity index (χ0n) is 17.8. The van der Waals surface area contributed by atoms with Gasteiger partial charge in [-0.3, -0.25) is 9.59 Å². The second-order valence-electron chi connectivity index (χ2n) is 8.38. The lowest BCUT2D eigenvalue weighted by atomic mass is 9.77. The summed E-state index contributed by atoms with van der Waals surface area (Å²) in [5.41, 5.74) is 8.67. The van der Waals surface area contributed by atoms with E-state index in [0.717, 1.165) is 43.5 Å². The number of hydrogen-bond acceptors (Lipinski definition) is 4. The first kappa shape index (κ1) is 22.6. The number of nitrogens with two attached hydrogens (primary N) is 1. The highest BCUT2D eigenvalue weighted by Gasteiger charge is 2.32. The smallest absolute Gasteiger partial charge is 0.220 e. The number of primary amides is 1. The maximum Gasteiger partial charge on any atom is 0.220 e. The minimum absolute atomic E-state index is 0.0588. The third kappa shape index (κ3) is 5.21. The topological polar surface area (TPSA) is 83.6 Å². The first-order chi connectivity index (χ1) is 13.3. The van der Waals surface area contributed by atoms with Gasteiger partial charge in [0.15, 0.2) is 5.78 Å². The third-order valence-electron chi connectivity index (χ3n) is 6.61. The Kier molecular flexibility index (Phi) is 8.20. The molecule has 3 unspecified atom stereocenters. The molecule has 0 radical (unpaired) electrons. The molecule has 1 aromatic carbocycles. The number of Topliss-reactive ketones (excluding diaryl/α,β-unsaturated/α-hetero) is 1. The van der Waals surface area contributed by atoms with Crippen LogP contribution in [0, 0.1) is 17.8 Å². The largest absolute Gasteiger partial charge is 0.396 e. The molecule has 28 heavy (non-hydrogen) atoms. The van der Waals surface area contributed by atoms with Crippen LogP contribution in [0.4, 0.5) is 0 Å². The molecule has 0 aliphatic carbocycles. The van der Waals surface area contributed by atoms with Gasteiger partial charge in [-0.15, -0.1) is 0 Å². The molecule has 1 aliphatic heterocycles. The number of benzene rings is 1. The van der Waals surface area contributed by atoms with Gasteiger partial charge in [-0.25, -0.2) is 0 Å². The van der Waals surface area contributed by atoms with E-state index in [1.54, 1.807) is 0 Å². The van der Waals surface area contributed by atoms with Crippen molar-refractivity contribution in [1.82, 2.24) is 4.90 Å². The monoisotopic (exact) mass is 388 g/mol. The van der Waals surface area contributed by atoms with Crippen molar-refractivity contribution in [1.29, 1.82) is 0 Å². The van der Waals surface area contributed by atoms with Gasteiger partial charge in [0, 0.05) is 24.0 Å². The Morgan fingerprint density at radius 2 is 1.89 bits per heavy atom. The number of rotatable bonds is 9. The molecule has 0 bridgehead atoms. The van der Waals surface area contributed by atoms with E-state index < -0.39 is 11.8 Å². The molecular formula is C23H36N2O3. The number of hydrogen-bond donors (Lipinski definition) is 2. The van der Waals surface area contributed by atoms with Crippen LogP contribution < -0.4 is 5.73 Å². The molecule has 5 heteroatoms. The number of amides is 1. The van der Waals surface area contributed by atoms with E-state index in [1.807, 2.05) is 19.9 Å². The summed E-state index contributed by atoms with van der Waals surface area (Å²) < 4.78 is 0. The number of aliphatic hydroxyl groups is 1. The standard InChI is InChI=1S/C23H36N2O3/c1-5-17-14-19(18-8-11-25(4)12-9-18)6-7-21(17)22(27)16(3)15(2)20(10-13-26)23(24)28/h6-7,14-16,18,20,26H,5,8-13H2,1-4H3,(H2,24,28). The van der Waals surface area contributed by atoms with Crippen molar-refractivity contribution in [3.05, 3.63) is 34.9 Å². The predicted octanol–water partition coefficient (Wildman–Crippen LogP) is 3.00. The highest BCUT2D eigenvalue weighted by atomic mass is 16.3. The average Bonchev–Trinajstić information content (AvgIpc) is 2.70. The molecule has 1 aliphatic rings. The first-order valence-corrected chi connectivity index (χ1v) is 10.6. The second-order valence-corrected chi connectivity index (χ2v) is 8.38. The first-order valence-electron chi connectivity index (χ1n) is 10.6. The van der Waals surface area contributed by atoms with Crippen molar-refractivity contribution in [2.75, 3.05) is 26.7 Å². The lowest BCUT2D eigenvalue weighted by molar-refractivity contribution is -0.124. The van der Waals surface area contributed by atoms with E-state index in [0.29, 0.717) is 12.3 Å². The fourth-order valence-electron chi connectivity index (χ4n) is 4.38. The van der Waals surface area contributed by atoms with Gasteiger partial charge in [-0.05, 0) is 68.8 Å². The van der Waals surface area contributed by atoms with Crippen molar-refractivity contribution in [3.63, 3.8) is 0 Å². The van der Waals surface area contributed by atoms with Crippen molar-refractivity contribution < 1.29 is 14.7 Å². The molecule has 0 aromatic heterocycles. The Morgan fingerprint density at radius 1 is 1.25 bits per heavy atom. The molecule has 3 atom stereocenters. The lowest BCUT2D eigenvalue weighted by Gasteiger charge is -2.30.